The lowest BCUT2D eigenvalue weighted by atomic mass is 10.00. The molecule has 4 unspecified atom stereocenters. The molecule has 2 aromatic rings. The fraction of sp³-hybridized carbons (Fsp3) is 0.556. The zero-order valence-electron chi connectivity index (χ0n) is 22.0. The first-order valence-corrected chi connectivity index (χ1v) is 12.9. The monoisotopic (exact) mass is 513 g/mol. The highest BCUT2D eigenvalue weighted by Crippen LogP contribution is 2.22. The first kappa shape index (κ1) is 28.2. The molecule has 0 saturated carbocycles. The Morgan fingerprint density at radius 2 is 1.84 bits per heavy atom. The number of aromatic amines is 1. The second kappa shape index (κ2) is 12.2. The summed E-state index contributed by atoms with van der Waals surface area (Å²) < 4.78 is 0. The number of carboxylic acid groups (broad SMARTS) is 1. The van der Waals surface area contributed by atoms with Crippen LogP contribution >= 0.6 is 0 Å². The molecule has 1 aromatic heterocycles. The minimum absolute atomic E-state index is 0.103. The number of benzene rings is 1. The second-order valence-electron chi connectivity index (χ2n) is 10.6. The first-order valence-electron chi connectivity index (χ1n) is 12.9. The number of hydrogen-bond donors (Lipinski definition) is 5. The fourth-order valence-electron chi connectivity index (χ4n) is 4.87. The van der Waals surface area contributed by atoms with Gasteiger partial charge in [-0.1, -0.05) is 45.9 Å². The van der Waals surface area contributed by atoms with E-state index in [0.717, 1.165) is 16.5 Å². The number of hydrogen-bond acceptors (Lipinski definition) is 5. The van der Waals surface area contributed by atoms with Crippen LogP contribution in [0.15, 0.2) is 30.5 Å². The van der Waals surface area contributed by atoms with Crippen LogP contribution < -0.4 is 16.4 Å². The van der Waals surface area contributed by atoms with E-state index in [9.17, 15) is 24.3 Å². The summed E-state index contributed by atoms with van der Waals surface area (Å²) in [6.07, 6.45) is 3.58. The largest absolute Gasteiger partial charge is 0.480 e. The summed E-state index contributed by atoms with van der Waals surface area (Å²) in [5.41, 5.74) is 8.12. The molecule has 3 amide bonds. The molecule has 4 atom stereocenters. The van der Waals surface area contributed by atoms with Crippen molar-refractivity contribution in [1.82, 2.24) is 20.5 Å². The molecule has 10 nitrogen and oxygen atoms in total. The molecule has 1 aromatic carbocycles. The van der Waals surface area contributed by atoms with E-state index in [1.807, 2.05) is 44.3 Å². The van der Waals surface area contributed by atoms with Crippen molar-refractivity contribution in [2.24, 2.45) is 17.6 Å². The van der Waals surface area contributed by atoms with Gasteiger partial charge in [0.1, 0.15) is 18.1 Å². The Bertz CT molecular complexity index is 1130. The highest BCUT2D eigenvalue weighted by Gasteiger charge is 2.39. The number of aliphatic carboxylic acids is 1. The lowest BCUT2D eigenvalue weighted by molar-refractivity contribution is -0.146. The standard InChI is InChI=1S/C27H39N5O5/c1-15(2)12-21(30-24(33)19(28)13-17-14-29-20-9-6-5-8-18(17)20)26(35)32-11-7-10-22(32)25(34)31-23(16(3)4)27(36)37/h5-6,8-9,14-16,19,21-23,29H,7,10-13,28H2,1-4H3,(H,30,33)(H,31,34)(H,36,37). The van der Waals surface area contributed by atoms with Crippen LogP contribution in [0.4, 0.5) is 0 Å². The Hall–Kier alpha value is -3.40. The molecule has 2 heterocycles. The van der Waals surface area contributed by atoms with E-state index in [1.165, 1.54) is 4.90 Å². The Balaban J connectivity index is 1.70. The number of H-pyrrole nitrogens is 1. The zero-order chi connectivity index (χ0) is 27.3. The number of rotatable bonds is 11. The summed E-state index contributed by atoms with van der Waals surface area (Å²) in [6.45, 7) is 7.69. The SMILES string of the molecule is CC(C)CC(NC(=O)C(N)Cc1c[nH]c2ccccc12)C(=O)N1CCCC1C(=O)NC(C(=O)O)C(C)C. The van der Waals surface area contributed by atoms with Gasteiger partial charge in [-0.2, -0.15) is 0 Å². The molecule has 6 N–H and O–H groups in total. The van der Waals surface area contributed by atoms with Crippen LogP contribution in [0.25, 0.3) is 10.9 Å². The average Bonchev–Trinajstić information content (AvgIpc) is 3.48. The third-order valence-electron chi connectivity index (χ3n) is 6.84. The quantitative estimate of drug-likeness (QED) is 0.308. The van der Waals surface area contributed by atoms with Crippen LogP contribution in [0.3, 0.4) is 0 Å². The van der Waals surface area contributed by atoms with Gasteiger partial charge in [0.25, 0.3) is 0 Å². The van der Waals surface area contributed by atoms with Gasteiger partial charge in [0.15, 0.2) is 0 Å². The summed E-state index contributed by atoms with van der Waals surface area (Å²) in [7, 11) is 0. The molecule has 10 heteroatoms. The van der Waals surface area contributed by atoms with Crippen LogP contribution in [0.5, 0.6) is 0 Å². The van der Waals surface area contributed by atoms with Crippen molar-refractivity contribution in [3.05, 3.63) is 36.0 Å². The van der Waals surface area contributed by atoms with Crippen LogP contribution in [0.2, 0.25) is 0 Å². The molecular weight excluding hydrogens is 474 g/mol. The molecule has 0 spiro atoms. The van der Waals surface area contributed by atoms with Crippen molar-refractivity contribution in [2.75, 3.05) is 6.54 Å². The highest BCUT2D eigenvalue weighted by atomic mass is 16.4. The second-order valence-corrected chi connectivity index (χ2v) is 10.6. The van der Waals surface area contributed by atoms with E-state index in [2.05, 4.69) is 15.6 Å². The lowest BCUT2D eigenvalue weighted by Crippen LogP contribution is -2.57. The average molecular weight is 514 g/mol. The van der Waals surface area contributed by atoms with Gasteiger partial charge in [0.2, 0.25) is 17.7 Å². The maximum Gasteiger partial charge on any atom is 0.326 e. The maximum atomic E-state index is 13.6. The number of aromatic nitrogens is 1. The Morgan fingerprint density at radius 1 is 1.14 bits per heavy atom. The summed E-state index contributed by atoms with van der Waals surface area (Å²) in [5, 5.41) is 15.8. The number of nitrogens with one attached hydrogen (secondary N) is 3. The number of carbonyl (C=O) groups excluding carboxylic acids is 3. The van der Waals surface area contributed by atoms with E-state index >= 15 is 0 Å². The predicted molar refractivity (Wildman–Crippen MR) is 141 cm³/mol. The molecule has 0 radical (unpaired) electrons. The summed E-state index contributed by atoms with van der Waals surface area (Å²) in [4.78, 5) is 55.8. The smallest absolute Gasteiger partial charge is 0.326 e. The van der Waals surface area contributed by atoms with Crippen molar-refractivity contribution in [2.45, 2.75) is 77.5 Å². The topological polar surface area (TPSA) is 158 Å². The van der Waals surface area contributed by atoms with Crippen molar-refractivity contribution >= 4 is 34.6 Å². The van der Waals surface area contributed by atoms with E-state index in [4.69, 9.17) is 5.73 Å². The molecule has 3 rings (SSSR count). The molecular formula is C27H39N5O5. The lowest BCUT2D eigenvalue weighted by Gasteiger charge is -2.31. The minimum Gasteiger partial charge on any atom is -0.480 e. The molecule has 202 valence electrons. The van der Waals surface area contributed by atoms with Gasteiger partial charge >= 0.3 is 5.97 Å². The molecule has 0 bridgehead atoms. The molecule has 1 fully saturated rings. The minimum atomic E-state index is -1.12. The Kier molecular flexibility index (Phi) is 9.31. The van der Waals surface area contributed by atoms with Crippen LogP contribution in [-0.2, 0) is 25.6 Å². The van der Waals surface area contributed by atoms with E-state index in [1.54, 1.807) is 13.8 Å². The Labute approximate surface area is 217 Å². The maximum absolute atomic E-state index is 13.6. The summed E-state index contributed by atoms with van der Waals surface area (Å²) in [5.74, 6) is -2.60. The number of carbonyl (C=O) groups is 4. The number of carboxylic acids is 1. The van der Waals surface area contributed by atoms with Gasteiger partial charge in [0.05, 0.1) is 6.04 Å². The first-order chi connectivity index (χ1) is 17.5. The number of para-hydroxylation sites is 1. The summed E-state index contributed by atoms with van der Waals surface area (Å²) >= 11 is 0. The van der Waals surface area contributed by atoms with Crippen LogP contribution in [-0.4, -0.2) is 69.4 Å². The molecule has 1 saturated heterocycles. The van der Waals surface area contributed by atoms with Gasteiger partial charge in [-0.25, -0.2) is 4.79 Å². The molecule has 1 aliphatic heterocycles. The van der Waals surface area contributed by atoms with Crippen LogP contribution in [0.1, 0.15) is 52.5 Å². The van der Waals surface area contributed by atoms with Gasteiger partial charge in [0, 0.05) is 23.6 Å². The van der Waals surface area contributed by atoms with E-state index in [0.29, 0.717) is 32.2 Å². The Morgan fingerprint density at radius 3 is 2.49 bits per heavy atom. The molecule has 1 aliphatic rings. The van der Waals surface area contributed by atoms with Gasteiger partial charge in [-0.3, -0.25) is 14.4 Å². The van der Waals surface area contributed by atoms with Crippen molar-refractivity contribution in [1.29, 1.82) is 0 Å². The number of nitrogens with two attached hydrogens (primary N) is 1. The normalized spacial score (nSPS) is 18.1. The van der Waals surface area contributed by atoms with E-state index in [-0.39, 0.29) is 17.7 Å². The zero-order valence-corrected chi connectivity index (χ0v) is 22.0. The number of amides is 3. The fourth-order valence-corrected chi connectivity index (χ4v) is 4.87. The van der Waals surface area contributed by atoms with Crippen molar-refractivity contribution in [3.63, 3.8) is 0 Å². The third kappa shape index (κ3) is 6.88. The number of nitrogens with zero attached hydrogens (tertiary/aromatic N) is 1. The highest BCUT2D eigenvalue weighted by molar-refractivity contribution is 5.95. The van der Waals surface area contributed by atoms with Gasteiger partial charge < -0.3 is 31.4 Å². The van der Waals surface area contributed by atoms with Gasteiger partial charge in [-0.15, -0.1) is 0 Å². The van der Waals surface area contributed by atoms with E-state index < -0.39 is 42.0 Å². The summed E-state index contributed by atoms with van der Waals surface area (Å²) in [6, 6.07) is 4.24. The molecule has 0 aliphatic carbocycles. The van der Waals surface area contributed by atoms with Crippen molar-refractivity contribution in [3.8, 4) is 0 Å². The predicted octanol–water partition coefficient (Wildman–Crippen LogP) is 1.79. The molecule has 37 heavy (non-hydrogen) atoms. The number of fused-ring (bicyclic) bond motifs is 1. The third-order valence-corrected chi connectivity index (χ3v) is 6.84. The van der Waals surface area contributed by atoms with Crippen LogP contribution in [0, 0.1) is 11.8 Å². The number of likely N-dealkylation sites (tertiary alicyclic amines) is 1. The van der Waals surface area contributed by atoms with Gasteiger partial charge in [-0.05, 0) is 49.1 Å². The van der Waals surface area contributed by atoms with Crippen molar-refractivity contribution < 1.29 is 24.3 Å².